The van der Waals surface area contributed by atoms with Crippen molar-refractivity contribution in [3.05, 3.63) is 0 Å². The molecule has 2 rings (SSSR count). The third-order valence-corrected chi connectivity index (χ3v) is 4.81. The van der Waals surface area contributed by atoms with Crippen LogP contribution in [0.5, 0.6) is 0 Å². The highest BCUT2D eigenvalue weighted by molar-refractivity contribution is 4.91. The van der Waals surface area contributed by atoms with Gasteiger partial charge in [0.2, 0.25) is 0 Å². The molecule has 17 heavy (non-hydrogen) atoms. The van der Waals surface area contributed by atoms with Crippen LogP contribution in [0.4, 0.5) is 0 Å². The number of nitrogens with one attached hydrogen (secondary N) is 1. The Morgan fingerprint density at radius 3 is 2.53 bits per heavy atom. The minimum Gasteiger partial charge on any atom is -0.313 e. The molecular formula is C15H30N2. The smallest absolute Gasteiger partial charge is 0.0223 e. The Kier molecular flexibility index (Phi) is 4.48. The molecule has 2 fully saturated rings. The highest BCUT2D eigenvalue weighted by Crippen LogP contribution is 2.34. The number of hydrogen-bond donors (Lipinski definition) is 1. The van der Waals surface area contributed by atoms with E-state index in [1.165, 1.54) is 32.4 Å². The van der Waals surface area contributed by atoms with E-state index in [1.807, 2.05) is 0 Å². The van der Waals surface area contributed by atoms with E-state index in [4.69, 9.17) is 0 Å². The first kappa shape index (κ1) is 13.4. The van der Waals surface area contributed by atoms with E-state index in [-0.39, 0.29) is 0 Å². The van der Waals surface area contributed by atoms with Gasteiger partial charge in [-0.05, 0) is 50.5 Å². The molecule has 0 aromatic heterocycles. The highest BCUT2D eigenvalue weighted by atomic mass is 15.2. The summed E-state index contributed by atoms with van der Waals surface area (Å²) in [4.78, 5) is 2.74. The van der Waals surface area contributed by atoms with E-state index in [0.717, 1.165) is 36.4 Å². The molecular weight excluding hydrogens is 208 g/mol. The van der Waals surface area contributed by atoms with Gasteiger partial charge in [-0.25, -0.2) is 0 Å². The SMILES string of the molecule is CCNC(CN1CC(C)CC(C)C1C)C1CC1. The van der Waals surface area contributed by atoms with Gasteiger partial charge < -0.3 is 5.32 Å². The van der Waals surface area contributed by atoms with Gasteiger partial charge in [-0.2, -0.15) is 0 Å². The second-order valence-electron chi connectivity index (χ2n) is 6.51. The van der Waals surface area contributed by atoms with Crippen LogP contribution in [-0.4, -0.2) is 36.6 Å². The predicted octanol–water partition coefficient (Wildman–Crippen LogP) is 2.74. The molecule has 0 radical (unpaired) electrons. The predicted molar refractivity (Wildman–Crippen MR) is 74.2 cm³/mol. The molecule has 0 aromatic rings. The van der Waals surface area contributed by atoms with Crippen LogP contribution in [0.25, 0.3) is 0 Å². The van der Waals surface area contributed by atoms with Crippen LogP contribution < -0.4 is 5.32 Å². The first-order valence-corrected chi connectivity index (χ1v) is 7.59. The van der Waals surface area contributed by atoms with E-state index in [9.17, 15) is 0 Å². The van der Waals surface area contributed by atoms with Crippen molar-refractivity contribution in [3.63, 3.8) is 0 Å². The lowest BCUT2D eigenvalue weighted by Gasteiger charge is -2.42. The van der Waals surface area contributed by atoms with Gasteiger partial charge in [-0.3, -0.25) is 4.90 Å². The molecule has 1 aliphatic heterocycles. The lowest BCUT2D eigenvalue weighted by molar-refractivity contribution is 0.0679. The zero-order valence-corrected chi connectivity index (χ0v) is 12.1. The standard InChI is InChI=1S/C15H30N2/c1-5-16-15(14-6-7-14)10-17-9-11(2)8-12(3)13(17)4/h11-16H,5-10H2,1-4H3. The molecule has 2 nitrogen and oxygen atoms in total. The van der Waals surface area contributed by atoms with Gasteiger partial charge in [0.15, 0.2) is 0 Å². The number of rotatable bonds is 5. The first-order valence-electron chi connectivity index (χ1n) is 7.59. The van der Waals surface area contributed by atoms with Gasteiger partial charge in [0.05, 0.1) is 0 Å². The van der Waals surface area contributed by atoms with Crippen LogP contribution in [0.15, 0.2) is 0 Å². The monoisotopic (exact) mass is 238 g/mol. The van der Waals surface area contributed by atoms with Crippen molar-refractivity contribution in [2.45, 2.75) is 59.0 Å². The first-order chi connectivity index (χ1) is 8.11. The second kappa shape index (κ2) is 5.71. The largest absolute Gasteiger partial charge is 0.313 e. The lowest BCUT2D eigenvalue weighted by atomic mass is 9.85. The fourth-order valence-corrected chi connectivity index (χ4v) is 3.47. The molecule has 1 saturated heterocycles. The number of piperidine rings is 1. The summed E-state index contributed by atoms with van der Waals surface area (Å²) in [6.45, 7) is 13.2. The third kappa shape index (κ3) is 3.45. The molecule has 0 aromatic carbocycles. The average molecular weight is 238 g/mol. The molecule has 0 spiro atoms. The van der Waals surface area contributed by atoms with E-state index in [1.54, 1.807) is 0 Å². The molecule has 4 unspecified atom stereocenters. The van der Waals surface area contributed by atoms with Crippen LogP contribution >= 0.6 is 0 Å². The summed E-state index contributed by atoms with van der Waals surface area (Å²) in [6.07, 6.45) is 4.31. The Morgan fingerprint density at radius 2 is 1.94 bits per heavy atom. The molecule has 100 valence electrons. The Labute approximate surface area is 107 Å². The van der Waals surface area contributed by atoms with Gasteiger partial charge in [-0.1, -0.05) is 20.8 Å². The van der Waals surface area contributed by atoms with E-state index in [0.29, 0.717) is 0 Å². The summed E-state index contributed by atoms with van der Waals surface area (Å²) >= 11 is 0. The molecule has 2 aliphatic rings. The molecule has 1 heterocycles. The van der Waals surface area contributed by atoms with Gasteiger partial charge in [0, 0.05) is 25.2 Å². The normalized spacial score (nSPS) is 37.1. The second-order valence-corrected chi connectivity index (χ2v) is 6.51. The van der Waals surface area contributed by atoms with Crippen LogP contribution in [0.1, 0.15) is 47.0 Å². The molecule has 1 aliphatic carbocycles. The highest BCUT2D eigenvalue weighted by Gasteiger charge is 2.35. The number of likely N-dealkylation sites (N-methyl/N-ethyl adjacent to an activating group) is 1. The van der Waals surface area contributed by atoms with Crippen molar-refractivity contribution >= 4 is 0 Å². The molecule has 1 saturated carbocycles. The maximum absolute atomic E-state index is 3.70. The van der Waals surface area contributed by atoms with Crippen molar-refractivity contribution in [2.24, 2.45) is 17.8 Å². The average Bonchev–Trinajstić information content (AvgIpc) is 3.08. The van der Waals surface area contributed by atoms with Crippen LogP contribution in [0.2, 0.25) is 0 Å². The maximum Gasteiger partial charge on any atom is 0.0223 e. The van der Waals surface area contributed by atoms with Crippen LogP contribution in [0.3, 0.4) is 0 Å². The summed E-state index contributed by atoms with van der Waals surface area (Å²) in [5, 5.41) is 3.70. The maximum atomic E-state index is 3.70. The Hall–Kier alpha value is -0.0800. The van der Waals surface area contributed by atoms with Gasteiger partial charge in [0.25, 0.3) is 0 Å². The minimum absolute atomic E-state index is 0.750. The third-order valence-electron chi connectivity index (χ3n) is 4.81. The fraction of sp³-hybridized carbons (Fsp3) is 1.00. The fourth-order valence-electron chi connectivity index (χ4n) is 3.47. The lowest BCUT2D eigenvalue weighted by Crippen LogP contribution is -2.51. The van der Waals surface area contributed by atoms with Crippen molar-refractivity contribution < 1.29 is 0 Å². The van der Waals surface area contributed by atoms with Crippen LogP contribution in [0, 0.1) is 17.8 Å². The molecule has 0 amide bonds. The topological polar surface area (TPSA) is 15.3 Å². The summed E-state index contributed by atoms with van der Waals surface area (Å²) < 4.78 is 0. The van der Waals surface area contributed by atoms with E-state index in [2.05, 4.69) is 37.9 Å². The van der Waals surface area contributed by atoms with Crippen molar-refractivity contribution in [1.29, 1.82) is 0 Å². The van der Waals surface area contributed by atoms with Gasteiger partial charge in [0.1, 0.15) is 0 Å². The zero-order chi connectivity index (χ0) is 12.4. The van der Waals surface area contributed by atoms with Gasteiger partial charge in [-0.15, -0.1) is 0 Å². The van der Waals surface area contributed by atoms with E-state index >= 15 is 0 Å². The zero-order valence-electron chi connectivity index (χ0n) is 12.1. The summed E-state index contributed by atoms with van der Waals surface area (Å²) in [6, 6.07) is 1.52. The minimum atomic E-state index is 0.750. The number of likely N-dealkylation sites (tertiary alicyclic amines) is 1. The quantitative estimate of drug-likeness (QED) is 0.792. The Bertz CT molecular complexity index is 237. The molecule has 2 heteroatoms. The van der Waals surface area contributed by atoms with Crippen molar-refractivity contribution in [1.82, 2.24) is 10.2 Å². The molecule has 0 bridgehead atoms. The van der Waals surface area contributed by atoms with E-state index < -0.39 is 0 Å². The summed E-state index contributed by atoms with van der Waals surface area (Å²) in [7, 11) is 0. The van der Waals surface area contributed by atoms with Gasteiger partial charge >= 0.3 is 0 Å². The van der Waals surface area contributed by atoms with Crippen LogP contribution in [-0.2, 0) is 0 Å². The Balaban J connectivity index is 1.90. The van der Waals surface area contributed by atoms with Crippen molar-refractivity contribution in [3.8, 4) is 0 Å². The number of nitrogens with zero attached hydrogens (tertiary/aromatic N) is 1. The molecule has 1 N–H and O–H groups in total. The number of hydrogen-bond acceptors (Lipinski definition) is 2. The summed E-state index contributed by atoms with van der Waals surface area (Å²) in [5.74, 6) is 2.71. The Morgan fingerprint density at radius 1 is 1.24 bits per heavy atom. The summed E-state index contributed by atoms with van der Waals surface area (Å²) in [5.41, 5.74) is 0. The molecule has 4 atom stereocenters. The van der Waals surface area contributed by atoms with Crippen molar-refractivity contribution in [2.75, 3.05) is 19.6 Å².